The zero-order valence-corrected chi connectivity index (χ0v) is 17.5. The normalized spacial score (nSPS) is 25.6. The second kappa shape index (κ2) is 7.69. The fourth-order valence-electron chi connectivity index (χ4n) is 5.07. The number of nitrogens with zero attached hydrogens (tertiary/aromatic N) is 1. The van der Waals surface area contributed by atoms with E-state index in [-0.39, 0.29) is 35.7 Å². The van der Waals surface area contributed by atoms with Crippen LogP contribution in [-0.2, 0) is 14.3 Å². The van der Waals surface area contributed by atoms with Gasteiger partial charge in [0, 0.05) is 17.7 Å². The van der Waals surface area contributed by atoms with Gasteiger partial charge in [-0.2, -0.15) is 0 Å². The molecule has 0 aromatic heterocycles. The summed E-state index contributed by atoms with van der Waals surface area (Å²) in [6.07, 6.45) is 8.72. The number of ether oxygens (including phenoxy) is 1. The molecular weight excluding hydrogens is 364 g/mol. The minimum atomic E-state index is -0.288. The highest BCUT2D eigenvalue weighted by atomic mass is 16.5. The fraction of sp³-hybridized carbons (Fsp3) is 0.500. The fourth-order valence-corrected chi connectivity index (χ4v) is 5.07. The van der Waals surface area contributed by atoms with Gasteiger partial charge in [-0.25, -0.2) is 0 Å². The predicted molar refractivity (Wildman–Crippen MR) is 115 cm³/mol. The van der Waals surface area contributed by atoms with Crippen LogP contribution in [0.2, 0.25) is 0 Å². The number of allylic oxidation sites excluding steroid dienone is 3. The maximum atomic E-state index is 13.4. The third-order valence-electron chi connectivity index (χ3n) is 6.33. The van der Waals surface area contributed by atoms with Gasteiger partial charge < -0.3 is 15.0 Å². The van der Waals surface area contributed by atoms with Gasteiger partial charge in [0.15, 0.2) is 5.78 Å². The van der Waals surface area contributed by atoms with E-state index in [9.17, 15) is 9.59 Å². The zero-order valence-electron chi connectivity index (χ0n) is 17.5. The second-order valence-electron chi connectivity index (χ2n) is 9.17. The zero-order chi connectivity index (χ0) is 20.6. The number of nitrogens with one attached hydrogen (secondary N) is 1. The van der Waals surface area contributed by atoms with E-state index in [2.05, 4.69) is 36.2 Å². The Hall–Kier alpha value is -2.56. The number of ketones is 1. The molecule has 5 heteroatoms. The van der Waals surface area contributed by atoms with Crippen LogP contribution in [-0.4, -0.2) is 31.4 Å². The quantitative estimate of drug-likeness (QED) is 0.606. The number of Topliss-reactive ketones (excluding diaryl/α,β-unsaturated/α-hetero) is 1. The number of benzene rings is 1. The first-order chi connectivity index (χ1) is 13.9. The first kappa shape index (κ1) is 19.7. The Morgan fingerprint density at radius 2 is 2.03 bits per heavy atom. The van der Waals surface area contributed by atoms with Crippen molar-refractivity contribution in [1.29, 1.82) is 0 Å². The van der Waals surface area contributed by atoms with E-state index >= 15 is 0 Å². The molecule has 29 heavy (non-hydrogen) atoms. The van der Waals surface area contributed by atoms with Crippen molar-refractivity contribution in [3.8, 4) is 0 Å². The number of para-hydroxylation sites is 2. The largest absolute Gasteiger partial charge is 0.468 e. The average molecular weight is 395 g/mol. The molecule has 0 saturated carbocycles. The summed E-state index contributed by atoms with van der Waals surface area (Å²) in [6, 6.07) is 7.90. The van der Waals surface area contributed by atoms with Gasteiger partial charge in [0.25, 0.3) is 0 Å². The summed E-state index contributed by atoms with van der Waals surface area (Å²) in [5, 5.41) is 3.58. The van der Waals surface area contributed by atoms with Crippen molar-refractivity contribution in [3.05, 3.63) is 47.7 Å². The van der Waals surface area contributed by atoms with Crippen LogP contribution in [0.4, 0.5) is 11.4 Å². The Morgan fingerprint density at radius 3 is 2.76 bits per heavy atom. The van der Waals surface area contributed by atoms with Crippen LogP contribution in [0.1, 0.15) is 46.0 Å². The Balaban J connectivity index is 1.89. The molecular formula is C24H30N2O3. The molecule has 2 atom stereocenters. The van der Waals surface area contributed by atoms with Gasteiger partial charge in [-0.1, -0.05) is 38.1 Å². The summed E-state index contributed by atoms with van der Waals surface area (Å²) in [4.78, 5) is 27.9. The summed E-state index contributed by atoms with van der Waals surface area (Å²) in [5.41, 5.74) is 3.71. The maximum Gasteiger partial charge on any atom is 0.325 e. The lowest BCUT2D eigenvalue weighted by Gasteiger charge is -2.41. The first-order valence-corrected chi connectivity index (χ1v) is 10.5. The van der Waals surface area contributed by atoms with E-state index in [1.54, 1.807) is 0 Å². The van der Waals surface area contributed by atoms with E-state index in [0.717, 1.165) is 48.3 Å². The van der Waals surface area contributed by atoms with Crippen LogP contribution in [0.15, 0.2) is 47.7 Å². The predicted octanol–water partition coefficient (Wildman–Crippen LogP) is 4.46. The van der Waals surface area contributed by atoms with Gasteiger partial charge in [-0.15, -0.1) is 0 Å². The number of methoxy groups -OCH3 is 1. The molecule has 1 heterocycles. The lowest BCUT2D eigenvalue weighted by atomic mass is 9.71. The lowest BCUT2D eigenvalue weighted by molar-refractivity contribution is -0.139. The molecule has 1 aliphatic heterocycles. The summed E-state index contributed by atoms with van der Waals surface area (Å²) in [5.74, 6) is 0.197. The minimum absolute atomic E-state index is 0.0770. The van der Waals surface area contributed by atoms with Gasteiger partial charge in [0.05, 0.1) is 24.5 Å². The molecule has 0 unspecified atom stereocenters. The second-order valence-corrected chi connectivity index (χ2v) is 9.17. The first-order valence-electron chi connectivity index (χ1n) is 10.5. The SMILES string of the molecule is COC(=O)CN1c2ccccc2NC2=C(C(=O)CC(C)(C)C2)[C@@H]1[C@H]1CC=CCC1. The molecule has 5 nitrogen and oxygen atoms in total. The molecule has 1 aromatic rings. The van der Waals surface area contributed by atoms with Crippen molar-refractivity contribution in [2.45, 2.75) is 52.0 Å². The average Bonchev–Trinajstić information content (AvgIpc) is 2.82. The number of carbonyl (C=O) groups is 2. The van der Waals surface area contributed by atoms with Crippen molar-refractivity contribution in [2.75, 3.05) is 23.9 Å². The van der Waals surface area contributed by atoms with Crippen molar-refractivity contribution in [2.24, 2.45) is 11.3 Å². The third kappa shape index (κ3) is 3.83. The molecule has 1 N–H and O–H groups in total. The van der Waals surface area contributed by atoms with Crippen LogP contribution < -0.4 is 10.2 Å². The van der Waals surface area contributed by atoms with Crippen molar-refractivity contribution in [3.63, 3.8) is 0 Å². The van der Waals surface area contributed by atoms with Crippen molar-refractivity contribution in [1.82, 2.24) is 0 Å². The smallest absolute Gasteiger partial charge is 0.325 e. The van der Waals surface area contributed by atoms with E-state index in [1.807, 2.05) is 24.3 Å². The van der Waals surface area contributed by atoms with E-state index < -0.39 is 0 Å². The monoisotopic (exact) mass is 394 g/mol. The molecule has 0 saturated heterocycles. The summed E-state index contributed by atoms with van der Waals surface area (Å²) in [6.45, 7) is 4.43. The molecule has 3 aliphatic rings. The highest BCUT2D eigenvalue weighted by molar-refractivity contribution is 6.01. The standard InChI is InChI=1S/C24H30N2O3/c1-24(2)13-18-22(20(27)14-24)23(16-9-5-4-6-10-16)26(15-21(28)29-3)19-12-8-7-11-17(19)25-18/h4-5,7-8,11-12,16,23,25H,6,9-10,13-15H2,1-3H3/t16-,23-/m0/s1. The molecule has 4 rings (SSSR count). The maximum absolute atomic E-state index is 13.4. The Kier molecular flexibility index (Phi) is 5.24. The third-order valence-corrected chi connectivity index (χ3v) is 6.33. The van der Waals surface area contributed by atoms with Crippen molar-refractivity contribution >= 4 is 23.1 Å². The number of fused-ring (bicyclic) bond motifs is 1. The van der Waals surface area contributed by atoms with Crippen molar-refractivity contribution < 1.29 is 14.3 Å². The van der Waals surface area contributed by atoms with Crippen LogP contribution in [0.25, 0.3) is 0 Å². The van der Waals surface area contributed by atoms with Crippen LogP contribution in [0, 0.1) is 11.3 Å². The number of anilines is 2. The van der Waals surface area contributed by atoms with Crippen LogP contribution in [0.5, 0.6) is 0 Å². The highest BCUT2D eigenvalue weighted by Crippen LogP contribution is 2.46. The highest BCUT2D eigenvalue weighted by Gasteiger charge is 2.43. The number of rotatable bonds is 3. The van der Waals surface area contributed by atoms with Crippen LogP contribution in [0.3, 0.4) is 0 Å². The van der Waals surface area contributed by atoms with Crippen LogP contribution >= 0.6 is 0 Å². The minimum Gasteiger partial charge on any atom is -0.468 e. The molecule has 1 aromatic carbocycles. The summed E-state index contributed by atoms with van der Waals surface area (Å²) < 4.78 is 5.02. The van der Waals surface area contributed by atoms with Gasteiger partial charge in [-0.3, -0.25) is 9.59 Å². The Bertz CT molecular complexity index is 884. The molecule has 0 fully saturated rings. The molecule has 0 spiro atoms. The molecule has 2 aliphatic carbocycles. The number of hydrogen-bond donors (Lipinski definition) is 1. The van der Waals surface area contributed by atoms with Gasteiger partial charge in [-0.05, 0) is 49.1 Å². The summed E-state index contributed by atoms with van der Waals surface area (Å²) in [7, 11) is 1.42. The number of hydrogen-bond acceptors (Lipinski definition) is 5. The Labute approximate surface area is 172 Å². The van der Waals surface area contributed by atoms with Gasteiger partial charge >= 0.3 is 5.97 Å². The Morgan fingerprint density at radius 1 is 1.24 bits per heavy atom. The molecule has 0 radical (unpaired) electrons. The number of esters is 1. The molecule has 0 bridgehead atoms. The topological polar surface area (TPSA) is 58.6 Å². The van der Waals surface area contributed by atoms with E-state index in [4.69, 9.17) is 4.74 Å². The molecule has 0 amide bonds. The summed E-state index contributed by atoms with van der Waals surface area (Å²) >= 11 is 0. The van der Waals surface area contributed by atoms with E-state index in [0.29, 0.717) is 6.42 Å². The molecule has 154 valence electrons. The van der Waals surface area contributed by atoms with Gasteiger partial charge in [0.2, 0.25) is 0 Å². The van der Waals surface area contributed by atoms with E-state index in [1.165, 1.54) is 7.11 Å². The lowest BCUT2D eigenvalue weighted by Crippen LogP contribution is -2.48. The number of carbonyl (C=O) groups excluding carboxylic acids is 2. The van der Waals surface area contributed by atoms with Gasteiger partial charge in [0.1, 0.15) is 6.54 Å².